The average molecular weight is 254 g/mol. The Labute approximate surface area is 103 Å². The Morgan fingerprint density at radius 3 is 2.94 bits per heavy atom. The first-order chi connectivity index (χ1) is 8.19. The summed E-state index contributed by atoms with van der Waals surface area (Å²) in [6.45, 7) is 0.212. The quantitative estimate of drug-likeness (QED) is 0.740. The van der Waals surface area contributed by atoms with Crippen molar-refractivity contribution in [3.05, 3.63) is 18.2 Å². The predicted molar refractivity (Wildman–Crippen MR) is 64.3 cm³/mol. The zero-order valence-corrected chi connectivity index (χ0v) is 9.80. The van der Waals surface area contributed by atoms with Gasteiger partial charge in [-0.15, -0.1) is 0 Å². The molecule has 7 heteroatoms. The number of methoxy groups -OCH3 is 1. The Morgan fingerprint density at radius 1 is 1.41 bits per heavy atom. The van der Waals surface area contributed by atoms with Crippen molar-refractivity contribution in [3.63, 3.8) is 0 Å². The Balaban J connectivity index is 1.99. The highest BCUT2D eigenvalue weighted by Crippen LogP contribution is 2.34. The van der Waals surface area contributed by atoms with Gasteiger partial charge in [0.25, 0.3) is 0 Å². The van der Waals surface area contributed by atoms with Crippen molar-refractivity contribution < 1.29 is 19.0 Å². The number of ether oxygens (including phenoxy) is 3. The number of nitrogens with one attached hydrogen (secondary N) is 2. The molecule has 0 radical (unpaired) electrons. The molecule has 6 nitrogen and oxygen atoms in total. The lowest BCUT2D eigenvalue weighted by molar-refractivity contribution is 0.174. The van der Waals surface area contributed by atoms with E-state index in [2.05, 4.69) is 15.4 Å². The summed E-state index contributed by atoms with van der Waals surface area (Å²) < 4.78 is 14.8. The van der Waals surface area contributed by atoms with Gasteiger partial charge < -0.3 is 19.5 Å². The fraction of sp³-hybridized carbons (Fsp3) is 0.200. The highest BCUT2D eigenvalue weighted by molar-refractivity contribution is 7.80. The molecule has 0 saturated carbocycles. The van der Waals surface area contributed by atoms with Crippen molar-refractivity contribution in [2.24, 2.45) is 0 Å². The number of carbonyl (C=O) groups is 1. The van der Waals surface area contributed by atoms with Gasteiger partial charge in [0.15, 0.2) is 16.6 Å². The second kappa shape index (κ2) is 4.88. The lowest BCUT2D eigenvalue weighted by atomic mass is 10.3. The van der Waals surface area contributed by atoms with Gasteiger partial charge in [-0.25, -0.2) is 4.79 Å². The van der Waals surface area contributed by atoms with Crippen LogP contribution in [0.2, 0.25) is 0 Å². The summed E-state index contributed by atoms with van der Waals surface area (Å²) in [5.41, 5.74) is 0.690. The molecule has 1 aliphatic heterocycles. The normalized spacial score (nSPS) is 11.8. The van der Waals surface area contributed by atoms with E-state index < -0.39 is 6.09 Å². The lowest BCUT2D eigenvalue weighted by Gasteiger charge is -2.08. The number of anilines is 1. The van der Waals surface area contributed by atoms with Crippen molar-refractivity contribution in [1.82, 2.24) is 5.32 Å². The number of fused-ring (bicyclic) bond motifs is 1. The van der Waals surface area contributed by atoms with E-state index in [1.807, 2.05) is 0 Å². The zero-order valence-electron chi connectivity index (χ0n) is 8.98. The van der Waals surface area contributed by atoms with Crippen LogP contribution in [0.1, 0.15) is 0 Å². The van der Waals surface area contributed by atoms with Crippen LogP contribution in [0.5, 0.6) is 11.5 Å². The lowest BCUT2D eigenvalue weighted by Crippen LogP contribution is -2.33. The molecule has 0 atom stereocenters. The molecule has 0 spiro atoms. The van der Waals surface area contributed by atoms with E-state index in [1.54, 1.807) is 18.2 Å². The maximum atomic E-state index is 10.9. The molecule has 0 aromatic heterocycles. The van der Waals surface area contributed by atoms with E-state index in [0.29, 0.717) is 17.2 Å². The van der Waals surface area contributed by atoms with E-state index in [9.17, 15) is 4.79 Å². The Hall–Kier alpha value is -2.02. The van der Waals surface area contributed by atoms with E-state index in [1.165, 1.54) is 7.11 Å². The molecular formula is C10H10N2O4S. The zero-order chi connectivity index (χ0) is 12.3. The highest BCUT2D eigenvalue weighted by Gasteiger charge is 2.13. The second-order valence-corrected chi connectivity index (χ2v) is 3.55. The minimum atomic E-state index is -0.622. The Morgan fingerprint density at radius 2 is 2.18 bits per heavy atom. The molecule has 17 heavy (non-hydrogen) atoms. The third-order valence-corrected chi connectivity index (χ3v) is 2.24. The number of alkyl carbamates (subject to hydrolysis) is 1. The summed E-state index contributed by atoms with van der Waals surface area (Å²) in [6.07, 6.45) is -0.622. The standard InChI is InChI=1S/C10H10N2O4S/c1-14-10(13)12-9(17)11-6-2-3-7-8(4-6)16-5-15-7/h2-4H,5H2,1H3,(H2,11,12,13,17). The van der Waals surface area contributed by atoms with Crippen LogP contribution in [0.4, 0.5) is 10.5 Å². The molecule has 90 valence electrons. The van der Waals surface area contributed by atoms with Crippen LogP contribution in [-0.4, -0.2) is 25.1 Å². The number of hydrogen-bond acceptors (Lipinski definition) is 5. The summed E-state index contributed by atoms with van der Waals surface area (Å²) in [7, 11) is 1.26. The van der Waals surface area contributed by atoms with E-state index in [-0.39, 0.29) is 11.9 Å². The Bertz CT molecular complexity index is 464. The van der Waals surface area contributed by atoms with Crippen LogP contribution in [0.3, 0.4) is 0 Å². The van der Waals surface area contributed by atoms with Gasteiger partial charge in [0.2, 0.25) is 6.79 Å². The van der Waals surface area contributed by atoms with Crippen LogP contribution >= 0.6 is 12.2 Å². The number of rotatable bonds is 1. The molecule has 1 aromatic rings. The van der Waals surface area contributed by atoms with Crippen LogP contribution in [0.15, 0.2) is 18.2 Å². The summed E-state index contributed by atoms with van der Waals surface area (Å²) in [5, 5.41) is 5.30. The van der Waals surface area contributed by atoms with E-state index >= 15 is 0 Å². The smallest absolute Gasteiger partial charge is 0.413 e. The molecule has 1 heterocycles. The molecular weight excluding hydrogens is 244 g/mol. The first kappa shape index (κ1) is 11.5. The van der Waals surface area contributed by atoms with Crippen LogP contribution in [-0.2, 0) is 4.74 Å². The predicted octanol–water partition coefficient (Wildman–Crippen LogP) is 1.47. The molecule has 2 N–H and O–H groups in total. The van der Waals surface area contributed by atoms with Crippen molar-refractivity contribution in [3.8, 4) is 11.5 Å². The minimum Gasteiger partial charge on any atom is -0.454 e. The van der Waals surface area contributed by atoms with E-state index in [0.717, 1.165) is 0 Å². The number of carbonyl (C=O) groups excluding carboxylic acids is 1. The Kier molecular flexibility index (Phi) is 3.29. The van der Waals surface area contributed by atoms with Crippen molar-refractivity contribution in [1.29, 1.82) is 0 Å². The fourth-order valence-corrected chi connectivity index (χ4v) is 1.48. The second-order valence-electron chi connectivity index (χ2n) is 3.14. The van der Waals surface area contributed by atoms with Gasteiger partial charge in [-0.1, -0.05) is 0 Å². The van der Waals surface area contributed by atoms with Gasteiger partial charge in [0.05, 0.1) is 7.11 Å². The molecule has 0 fully saturated rings. The third-order valence-electron chi connectivity index (χ3n) is 2.03. The summed E-state index contributed by atoms with van der Waals surface area (Å²) in [4.78, 5) is 10.9. The van der Waals surface area contributed by atoms with Crippen LogP contribution < -0.4 is 20.1 Å². The van der Waals surface area contributed by atoms with Crippen molar-refractivity contribution in [2.45, 2.75) is 0 Å². The fourth-order valence-electron chi connectivity index (χ4n) is 1.28. The summed E-state index contributed by atoms with van der Waals surface area (Å²) in [6, 6.07) is 5.25. The van der Waals surface area contributed by atoms with Crippen molar-refractivity contribution in [2.75, 3.05) is 19.2 Å². The third kappa shape index (κ3) is 2.76. The molecule has 1 aliphatic rings. The molecule has 1 aromatic carbocycles. The van der Waals surface area contributed by atoms with Gasteiger partial charge in [-0.05, 0) is 24.4 Å². The molecule has 2 rings (SSSR count). The van der Waals surface area contributed by atoms with Gasteiger partial charge in [0, 0.05) is 11.8 Å². The minimum absolute atomic E-state index is 0.149. The van der Waals surface area contributed by atoms with E-state index in [4.69, 9.17) is 21.7 Å². The molecule has 0 saturated heterocycles. The maximum absolute atomic E-state index is 10.9. The van der Waals surface area contributed by atoms with Crippen LogP contribution in [0, 0.1) is 0 Å². The highest BCUT2D eigenvalue weighted by atomic mass is 32.1. The number of thiocarbonyl (C=S) groups is 1. The molecule has 0 bridgehead atoms. The van der Waals surface area contributed by atoms with Crippen LogP contribution in [0.25, 0.3) is 0 Å². The first-order valence-corrected chi connectivity index (χ1v) is 5.15. The largest absolute Gasteiger partial charge is 0.454 e. The topological polar surface area (TPSA) is 68.8 Å². The summed E-state index contributed by atoms with van der Waals surface area (Å²) in [5.74, 6) is 1.32. The maximum Gasteiger partial charge on any atom is 0.413 e. The summed E-state index contributed by atoms with van der Waals surface area (Å²) >= 11 is 4.91. The number of benzene rings is 1. The molecule has 1 amide bonds. The SMILES string of the molecule is COC(=O)NC(=S)Nc1ccc2c(c1)OCO2. The molecule has 0 unspecified atom stereocenters. The molecule has 0 aliphatic carbocycles. The van der Waals surface area contributed by atoms with Gasteiger partial charge >= 0.3 is 6.09 Å². The van der Waals surface area contributed by atoms with Gasteiger partial charge in [0.1, 0.15) is 0 Å². The number of hydrogen-bond donors (Lipinski definition) is 2. The van der Waals surface area contributed by atoms with Gasteiger partial charge in [-0.3, -0.25) is 5.32 Å². The first-order valence-electron chi connectivity index (χ1n) is 4.74. The van der Waals surface area contributed by atoms with Gasteiger partial charge in [-0.2, -0.15) is 0 Å². The number of amides is 1. The van der Waals surface area contributed by atoms with Crippen molar-refractivity contribution >= 4 is 29.1 Å². The average Bonchev–Trinajstić information content (AvgIpc) is 2.75. The monoisotopic (exact) mass is 254 g/mol.